The monoisotopic (exact) mass is 554 g/mol. The van der Waals surface area contributed by atoms with Crippen LogP contribution in [-0.4, -0.2) is 79.6 Å². The van der Waals surface area contributed by atoms with Gasteiger partial charge in [0.15, 0.2) is 0 Å². The quantitative estimate of drug-likeness (QED) is 0.322. The number of hydrogen-bond acceptors (Lipinski definition) is 8. The molecule has 1 saturated heterocycles. The molecule has 1 atom stereocenters. The highest BCUT2D eigenvalue weighted by atomic mass is 19.4. The first-order valence-corrected chi connectivity index (χ1v) is 13.0. The van der Waals surface area contributed by atoms with Crippen molar-refractivity contribution in [1.82, 2.24) is 34.7 Å². The molecule has 0 bridgehead atoms. The highest BCUT2D eigenvalue weighted by Crippen LogP contribution is 2.27. The molecule has 13 heteroatoms. The molecule has 3 aromatic heterocycles. The van der Waals surface area contributed by atoms with Crippen molar-refractivity contribution >= 4 is 28.7 Å². The smallest absolute Gasteiger partial charge is 0.397 e. The molecule has 1 unspecified atom stereocenters. The van der Waals surface area contributed by atoms with E-state index in [0.717, 1.165) is 27.9 Å². The van der Waals surface area contributed by atoms with Gasteiger partial charge in [-0.15, -0.1) is 0 Å². The summed E-state index contributed by atoms with van der Waals surface area (Å²) in [4.78, 5) is 36.2. The number of halogens is 3. The molecular weight excluding hydrogens is 525 g/mol. The number of alkyl halides is 3. The Kier molecular flexibility index (Phi) is 7.83. The summed E-state index contributed by atoms with van der Waals surface area (Å²) >= 11 is 0. The van der Waals surface area contributed by atoms with E-state index in [4.69, 9.17) is 4.74 Å². The zero-order chi connectivity index (χ0) is 28.3. The van der Waals surface area contributed by atoms with Crippen LogP contribution in [0.4, 0.5) is 24.9 Å². The van der Waals surface area contributed by atoms with Crippen molar-refractivity contribution in [3.63, 3.8) is 0 Å². The maximum Gasteiger partial charge on any atom is 0.397 e. The molecular formula is C27H29F3N8O2. The summed E-state index contributed by atoms with van der Waals surface area (Å²) in [6, 6.07) is 11.7. The van der Waals surface area contributed by atoms with Crippen LogP contribution in [0.25, 0.3) is 22.3 Å². The third-order valence-corrected chi connectivity index (χ3v) is 6.76. The minimum atomic E-state index is -4.49. The Morgan fingerprint density at radius 2 is 1.85 bits per heavy atom. The summed E-state index contributed by atoms with van der Waals surface area (Å²) in [5.74, 6) is 0.249. The summed E-state index contributed by atoms with van der Waals surface area (Å²) in [5, 5.41) is 3.22. The third-order valence-electron chi connectivity index (χ3n) is 6.76. The van der Waals surface area contributed by atoms with Gasteiger partial charge in [-0.1, -0.05) is 6.07 Å². The minimum Gasteiger partial charge on any atom is -0.464 e. The van der Waals surface area contributed by atoms with Crippen LogP contribution in [0.2, 0.25) is 0 Å². The fraction of sp³-hybridized carbons (Fsp3) is 0.370. The van der Waals surface area contributed by atoms with Crippen LogP contribution in [0.3, 0.4) is 0 Å². The van der Waals surface area contributed by atoms with Crippen LogP contribution in [0, 0.1) is 0 Å². The number of amides is 1. The molecule has 4 aromatic rings. The fourth-order valence-corrected chi connectivity index (χ4v) is 4.68. The van der Waals surface area contributed by atoms with E-state index < -0.39 is 18.5 Å². The number of piperazine rings is 1. The summed E-state index contributed by atoms with van der Waals surface area (Å²) in [5.41, 5.74) is 4.20. The highest BCUT2D eigenvalue weighted by Gasteiger charge is 2.35. The Bertz CT molecular complexity index is 1480. The maximum absolute atomic E-state index is 12.6. The van der Waals surface area contributed by atoms with Crippen LogP contribution >= 0.6 is 0 Å². The van der Waals surface area contributed by atoms with Crippen molar-refractivity contribution < 1.29 is 22.7 Å². The van der Waals surface area contributed by atoms with Crippen LogP contribution in [0.15, 0.2) is 48.8 Å². The van der Waals surface area contributed by atoms with Gasteiger partial charge in [-0.3, -0.25) is 9.69 Å². The predicted molar refractivity (Wildman–Crippen MR) is 143 cm³/mol. The second-order valence-electron chi connectivity index (χ2n) is 9.46. The van der Waals surface area contributed by atoms with Crippen LogP contribution in [0.1, 0.15) is 31.9 Å². The molecule has 5 rings (SSSR count). The number of aromatic nitrogens is 5. The summed E-state index contributed by atoms with van der Waals surface area (Å²) < 4.78 is 43.2. The molecule has 0 spiro atoms. The van der Waals surface area contributed by atoms with Gasteiger partial charge in [-0.05, 0) is 49.7 Å². The lowest BCUT2D eigenvalue weighted by Gasteiger charge is -2.38. The molecule has 0 saturated carbocycles. The van der Waals surface area contributed by atoms with Crippen molar-refractivity contribution in [2.75, 3.05) is 38.1 Å². The van der Waals surface area contributed by atoms with Crippen LogP contribution in [0.5, 0.6) is 6.01 Å². The second-order valence-corrected chi connectivity index (χ2v) is 9.46. The average molecular weight is 555 g/mol. The maximum atomic E-state index is 12.6. The van der Waals surface area contributed by atoms with E-state index in [9.17, 15) is 18.0 Å². The summed E-state index contributed by atoms with van der Waals surface area (Å²) in [6.07, 6.45) is -2.55. The van der Waals surface area contributed by atoms with Crippen molar-refractivity contribution in [3.05, 3.63) is 54.4 Å². The molecule has 210 valence electrons. The number of imidazole rings is 1. The zero-order valence-electron chi connectivity index (χ0n) is 22.1. The third kappa shape index (κ3) is 6.47. The van der Waals surface area contributed by atoms with Gasteiger partial charge in [0.25, 0.3) is 0 Å². The van der Waals surface area contributed by atoms with E-state index in [1.54, 1.807) is 12.4 Å². The van der Waals surface area contributed by atoms with E-state index in [2.05, 4.69) is 35.1 Å². The van der Waals surface area contributed by atoms with E-state index in [1.807, 2.05) is 50.2 Å². The van der Waals surface area contributed by atoms with Gasteiger partial charge in [-0.25, -0.2) is 15.0 Å². The largest absolute Gasteiger partial charge is 0.464 e. The average Bonchev–Trinajstić information content (AvgIpc) is 3.34. The first-order chi connectivity index (χ1) is 19.2. The molecule has 0 radical (unpaired) electrons. The summed E-state index contributed by atoms with van der Waals surface area (Å²) in [6.45, 7) is 5.88. The highest BCUT2D eigenvalue weighted by molar-refractivity contribution is 5.83. The van der Waals surface area contributed by atoms with E-state index in [1.165, 1.54) is 4.90 Å². The molecule has 2 N–H and O–H groups in total. The number of benzene rings is 1. The van der Waals surface area contributed by atoms with Gasteiger partial charge < -0.3 is 19.9 Å². The first-order valence-electron chi connectivity index (χ1n) is 13.0. The van der Waals surface area contributed by atoms with Gasteiger partial charge in [0.05, 0.1) is 23.3 Å². The molecule has 4 heterocycles. The van der Waals surface area contributed by atoms with Crippen molar-refractivity contribution in [3.8, 4) is 17.3 Å². The number of H-pyrrole nitrogens is 1. The number of nitrogens with one attached hydrogen (secondary N) is 2. The number of carbonyl (C=O) groups is 1. The van der Waals surface area contributed by atoms with Crippen molar-refractivity contribution in [2.45, 2.75) is 32.5 Å². The molecule has 0 aliphatic carbocycles. The van der Waals surface area contributed by atoms with Gasteiger partial charge in [-0.2, -0.15) is 18.2 Å². The number of pyridine rings is 1. The lowest BCUT2D eigenvalue weighted by atomic mass is 10.1. The topological polar surface area (TPSA) is 112 Å². The molecule has 1 fully saturated rings. The molecule has 1 aromatic carbocycles. The van der Waals surface area contributed by atoms with Crippen LogP contribution in [-0.2, 0) is 4.79 Å². The number of nitrogens with zero attached hydrogens (tertiary/aromatic N) is 6. The van der Waals surface area contributed by atoms with Crippen molar-refractivity contribution in [1.29, 1.82) is 0 Å². The molecule has 1 aliphatic rings. The molecule has 10 nitrogen and oxygen atoms in total. The fourth-order valence-electron chi connectivity index (χ4n) is 4.68. The van der Waals surface area contributed by atoms with Gasteiger partial charge in [0.2, 0.25) is 11.9 Å². The summed E-state index contributed by atoms with van der Waals surface area (Å²) in [7, 11) is 0. The van der Waals surface area contributed by atoms with E-state index in [0.29, 0.717) is 37.5 Å². The van der Waals surface area contributed by atoms with Crippen LogP contribution < -0.4 is 10.1 Å². The van der Waals surface area contributed by atoms with Crippen molar-refractivity contribution in [2.24, 2.45) is 0 Å². The first kappa shape index (κ1) is 27.3. The number of aromatic amines is 1. The molecule has 1 aliphatic heterocycles. The zero-order valence-corrected chi connectivity index (χ0v) is 22.1. The lowest BCUT2D eigenvalue weighted by Crippen LogP contribution is -2.50. The predicted octanol–water partition coefficient (Wildman–Crippen LogP) is 4.71. The number of fused-ring (bicyclic) bond motifs is 1. The van der Waals surface area contributed by atoms with E-state index >= 15 is 0 Å². The number of anilines is 2. The Hall–Kier alpha value is -4.26. The van der Waals surface area contributed by atoms with Gasteiger partial charge >= 0.3 is 12.2 Å². The molecule has 1 amide bonds. The normalized spacial score (nSPS) is 15.3. The van der Waals surface area contributed by atoms with E-state index in [-0.39, 0.29) is 19.1 Å². The Morgan fingerprint density at radius 1 is 1.07 bits per heavy atom. The lowest BCUT2D eigenvalue weighted by molar-refractivity contribution is -0.162. The number of rotatable bonds is 8. The standard InChI is InChI=1S/C27H29F3N8O2/c1-3-40-26-32-9-7-20(35-26)19-4-5-21-22(14-19)34-25(33-21)36-23-15-18(6-8-31-23)17(2)37-10-12-38(13-11-37)24(39)16-27(28,29)30/h4-9,14-15,17H,3,10-13,16H2,1-2H3,(H2,31,33,34,36). The number of hydrogen-bond donors (Lipinski definition) is 2. The SMILES string of the molecule is CCOc1nccc(-c2ccc3nc(Nc4cc(C(C)N5CCN(C(=O)CC(F)(F)F)CC5)ccn4)[nH]c3c2)n1. The number of carbonyl (C=O) groups excluding carboxylic acids is 1. The Labute approximate surface area is 228 Å². The second kappa shape index (κ2) is 11.5. The number of ether oxygens (including phenoxy) is 1. The minimum absolute atomic E-state index is 0.0175. The molecule has 40 heavy (non-hydrogen) atoms. The van der Waals surface area contributed by atoms with Gasteiger partial charge in [0.1, 0.15) is 12.2 Å². The van der Waals surface area contributed by atoms with Gasteiger partial charge in [0, 0.05) is 50.2 Å². The Balaban J connectivity index is 1.24. The Morgan fingerprint density at radius 3 is 2.60 bits per heavy atom.